The lowest BCUT2D eigenvalue weighted by Gasteiger charge is -2.10. The second-order valence-electron chi connectivity index (χ2n) is 24.9. The molecule has 20 aromatic rings. The second-order valence-corrected chi connectivity index (χ2v) is 24.9. The fourth-order valence-electron chi connectivity index (χ4n) is 13.6. The molecule has 0 saturated heterocycles. The van der Waals surface area contributed by atoms with Crippen molar-refractivity contribution in [3.63, 3.8) is 0 Å². The number of furan rings is 4. The highest BCUT2D eigenvalue weighted by Gasteiger charge is 2.20. The molecule has 100 heavy (non-hydrogen) atoms. The molecule has 0 aliphatic heterocycles. The molecular weight excluding hydrogens is 1230 g/mol. The van der Waals surface area contributed by atoms with Gasteiger partial charge in [-0.25, -0.2) is 29.9 Å². The number of rotatable bonds is 10. The van der Waals surface area contributed by atoms with Crippen molar-refractivity contribution in [3.8, 4) is 113 Å². The molecule has 0 radical (unpaired) electrons. The second kappa shape index (κ2) is 24.2. The fourth-order valence-corrected chi connectivity index (χ4v) is 13.6. The zero-order valence-corrected chi connectivity index (χ0v) is 53.5. The molecule has 10 heteroatoms. The number of hydrogen-bond acceptors (Lipinski definition) is 10. The maximum atomic E-state index is 6.33. The van der Waals surface area contributed by atoms with Crippen LogP contribution in [0.3, 0.4) is 0 Å². The van der Waals surface area contributed by atoms with Gasteiger partial charge in [0.05, 0.1) is 0 Å². The zero-order valence-electron chi connectivity index (χ0n) is 53.5. The van der Waals surface area contributed by atoms with Crippen molar-refractivity contribution >= 4 is 87.8 Å². The van der Waals surface area contributed by atoms with E-state index in [2.05, 4.69) is 188 Å². The number of fused-ring (bicyclic) bond motifs is 12. The summed E-state index contributed by atoms with van der Waals surface area (Å²) in [6, 6.07) is 112. The molecular formula is C90H54N6O4. The van der Waals surface area contributed by atoms with Crippen LogP contribution in [0.5, 0.6) is 0 Å². The molecule has 0 N–H and O–H groups in total. The molecule has 468 valence electrons. The monoisotopic (exact) mass is 1280 g/mol. The topological polar surface area (TPSA) is 130 Å². The Balaban J connectivity index is 0.000000139. The molecule has 0 saturated carbocycles. The molecule has 6 heterocycles. The van der Waals surface area contributed by atoms with Crippen molar-refractivity contribution in [1.29, 1.82) is 0 Å². The first kappa shape index (κ1) is 57.7. The number of aromatic nitrogens is 6. The van der Waals surface area contributed by atoms with Crippen LogP contribution in [0.2, 0.25) is 0 Å². The molecule has 0 unspecified atom stereocenters. The van der Waals surface area contributed by atoms with Gasteiger partial charge in [-0.3, -0.25) is 0 Å². The molecule has 0 bridgehead atoms. The van der Waals surface area contributed by atoms with Crippen LogP contribution in [-0.2, 0) is 0 Å². The van der Waals surface area contributed by atoms with E-state index in [-0.39, 0.29) is 0 Å². The van der Waals surface area contributed by atoms with Gasteiger partial charge in [-0.1, -0.05) is 224 Å². The molecule has 0 amide bonds. The minimum atomic E-state index is 0.586. The Hall–Kier alpha value is -13.7. The number of hydrogen-bond donors (Lipinski definition) is 0. The molecule has 0 spiro atoms. The first-order valence-corrected chi connectivity index (χ1v) is 33.2. The Bertz CT molecular complexity index is 6540. The van der Waals surface area contributed by atoms with E-state index < -0.39 is 0 Å². The highest BCUT2D eigenvalue weighted by molar-refractivity contribution is 6.10. The average molecular weight is 1280 g/mol. The predicted octanol–water partition coefficient (Wildman–Crippen LogP) is 24.0. The Morgan fingerprint density at radius 3 is 0.780 bits per heavy atom. The highest BCUT2D eigenvalue weighted by atomic mass is 16.3. The lowest BCUT2D eigenvalue weighted by atomic mass is 9.99. The zero-order chi connectivity index (χ0) is 66.0. The summed E-state index contributed by atoms with van der Waals surface area (Å²) in [6.07, 6.45) is 0. The smallest absolute Gasteiger partial charge is 0.164 e. The van der Waals surface area contributed by atoms with E-state index in [0.29, 0.717) is 34.9 Å². The average Bonchev–Trinajstić information content (AvgIpc) is 1.65. The minimum absolute atomic E-state index is 0.586. The van der Waals surface area contributed by atoms with Gasteiger partial charge in [-0.2, -0.15) is 0 Å². The third-order valence-corrected chi connectivity index (χ3v) is 18.7. The van der Waals surface area contributed by atoms with Gasteiger partial charge in [0.25, 0.3) is 0 Å². The molecule has 6 aromatic heterocycles. The maximum Gasteiger partial charge on any atom is 0.164 e. The third-order valence-electron chi connectivity index (χ3n) is 18.7. The summed E-state index contributed by atoms with van der Waals surface area (Å²) in [7, 11) is 0. The summed E-state index contributed by atoms with van der Waals surface area (Å²) in [6.45, 7) is 0. The summed E-state index contributed by atoms with van der Waals surface area (Å²) >= 11 is 0. The summed E-state index contributed by atoms with van der Waals surface area (Å²) in [5.74, 6) is 3.61. The van der Waals surface area contributed by atoms with E-state index in [0.717, 1.165) is 160 Å². The van der Waals surface area contributed by atoms with Crippen molar-refractivity contribution < 1.29 is 17.7 Å². The van der Waals surface area contributed by atoms with E-state index in [1.165, 1.54) is 5.56 Å². The van der Waals surface area contributed by atoms with Crippen LogP contribution in [0.1, 0.15) is 0 Å². The van der Waals surface area contributed by atoms with E-state index in [4.69, 9.17) is 47.6 Å². The Kier molecular flexibility index (Phi) is 14.0. The SMILES string of the molecule is c1ccc(-c2ccc3c(c2)oc2ccc(-c4cccc(-c5nc(-c6ccccc6)nc(-c6ccc7c(c6)oc6ccccc67)n5)c4)cc23)cc1.c1ccc(-c2ccc3c(c2)oc2ccc(-c4nc(-c5ccccc5)nc(-c5cccc(-c6ccc7c(c6)oc6ccccc67)c5)n4)cc23)cc1. The highest BCUT2D eigenvalue weighted by Crippen LogP contribution is 2.40. The van der Waals surface area contributed by atoms with E-state index in [1.807, 2.05) is 140 Å². The van der Waals surface area contributed by atoms with Crippen molar-refractivity contribution in [2.75, 3.05) is 0 Å². The summed E-state index contributed by atoms with van der Waals surface area (Å²) in [4.78, 5) is 30.0. The van der Waals surface area contributed by atoms with Gasteiger partial charge in [0, 0.05) is 76.5 Å². The van der Waals surface area contributed by atoms with Crippen molar-refractivity contribution in [2.24, 2.45) is 0 Å². The number of nitrogens with zero attached hydrogens (tertiary/aromatic N) is 6. The Labute approximate surface area is 572 Å². The van der Waals surface area contributed by atoms with E-state index >= 15 is 0 Å². The van der Waals surface area contributed by atoms with E-state index in [9.17, 15) is 0 Å². The minimum Gasteiger partial charge on any atom is -0.456 e. The predicted molar refractivity (Wildman–Crippen MR) is 403 cm³/mol. The van der Waals surface area contributed by atoms with Crippen molar-refractivity contribution in [1.82, 2.24) is 29.9 Å². The summed E-state index contributed by atoms with van der Waals surface area (Å²) in [5.41, 5.74) is 21.0. The van der Waals surface area contributed by atoms with Gasteiger partial charge in [-0.05, 0) is 148 Å². The number of para-hydroxylation sites is 2. The molecule has 0 atom stereocenters. The maximum absolute atomic E-state index is 6.33. The Morgan fingerprint density at radius 2 is 0.360 bits per heavy atom. The van der Waals surface area contributed by atoms with Gasteiger partial charge in [-0.15, -0.1) is 0 Å². The summed E-state index contributed by atoms with van der Waals surface area (Å²) in [5, 5.41) is 8.61. The molecule has 0 aliphatic carbocycles. The van der Waals surface area contributed by atoms with Crippen molar-refractivity contribution in [3.05, 3.63) is 328 Å². The van der Waals surface area contributed by atoms with E-state index in [1.54, 1.807) is 0 Å². The van der Waals surface area contributed by atoms with Crippen LogP contribution in [0.15, 0.2) is 345 Å². The fraction of sp³-hybridized carbons (Fsp3) is 0. The quantitative estimate of drug-likeness (QED) is 0.130. The molecule has 14 aromatic carbocycles. The van der Waals surface area contributed by atoms with Gasteiger partial charge in [0.2, 0.25) is 0 Å². The molecule has 20 rings (SSSR count). The van der Waals surface area contributed by atoms with Crippen LogP contribution < -0.4 is 0 Å². The van der Waals surface area contributed by atoms with Crippen molar-refractivity contribution in [2.45, 2.75) is 0 Å². The Morgan fingerprint density at radius 1 is 0.130 bits per heavy atom. The van der Waals surface area contributed by atoms with Crippen LogP contribution in [0, 0.1) is 0 Å². The lowest BCUT2D eigenvalue weighted by molar-refractivity contribution is 0.668. The number of benzene rings is 14. The van der Waals surface area contributed by atoms with Crippen LogP contribution in [0.4, 0.5) is 0 Å². The van der Waals surface area contributed by atoms with Gasteiger partial charge in [0.15, 0.2) is 34.9 Å². The molecule has 0 fully saturated rings. The van der Waals surface area contributed by atoms with Crippen LogP contribution in [-0.4, -0.2) is 29.9 Å². The standard InChI is InChI=1S/2C45H27N3O2/c1-3-10-28(11-4-1)31-18-22-37-38-25-34(20-23-40(38)50-42(37)26-31)45-47-43(29-12-5-2-6-13-29)46-44(48-45)33-15-9-14-30(24-33)32-19-21-36-35-16-7-8-17-39(35)49-41(36)27-32;1-3-10-28(11-4-1)32-18-21-37-38-25-31(20-23-40(38)50-41(37)26-32)30-14-9-15-33(24-30)44-46-43(29-12-5-2-6-13-29)47-45(48-44)34-19-22-36-35-16-7-8-17-39(35)49-42(36)27-34/h2*1-27H. The third kappa shape index (κ3) is 10.7. The van der Waals surface area contributed by atoms with Gasteiger partial charge >= 0.3 is 0 Å². The molecule has 0 aliphatic rings. The normalized spacial score (nSPS) is 11.6. The molecule has 10 nitrogen and oxygen atoms in total. The largest absolute Gasteiger partial charge is 0.456 e. The van der Waals surface area contributed by atoms with Crippen LogP contribution in [0.25, 0.3) is 201 Å². The van der Waals surface area contributed by atoms with Crippen LogP contribution >= 0.6 is 0 Å². The first-order valence-electron chi connectivity index (χ1n) is 33.2. The van der Waals surface area contributed by atoms with Gasteiger partial charge in [0.1, 0.15) is 44.7 Å². The summed E-state index contributed by atoms with van der Waals surface area (Å²) < 4.78 is 25.1. The van der Waals surface area contributed by atoms with Gasteiger partial charge < -0.3 is 17.7 Å². The first-order chi connectivity index (χ1) is 49.5. The lowest BCUT2D eigenvalue weighted by Crippen LogP contribution is -2.00.